The van der Waals surface area contributed by atoms with Crippen LogP contribution in [0.2, 0.25) is 0 Å². The summed E-state index contributed by atoms with van der Waals surface area (Å²) < 4.78 is 68.8. The van der Waals surface area contributed by atoms with Crippen molar-refractivity contribution in [3.8, 4) is 0 Å². The first-order chi connectivity index (χ1) is 49.4. The number of hydrogen-bond acceptors (Lipinski definition) is 15. The maximum absolute atomic E-state index is 13.1. The molecule has 0 aromatic rings. The molecule has 0 aliphatic carbocycles. The molecule has 0 aliphatic heterocycles. The normalized spacial score (nSPS) is 14.1. The van der Waals surface area contributed by atoms with Gasteiger partial charge in [-0.25, -0.2) is 9.13 Å². The lowest BCUT2D eigenvalue weighted by Crippen LogP contribution is -2.30. The summed E-state index contributed by atoms with van der Waals surface area (Å²) >= 11 is 0. The minimum absolute atomic E-state index is 0.108. The molecule has 0 saturated heterocycles. The first kappa shape index (κ1) is 100. The summed E-state index contributed by atoms with van der Waals surface area (Å²) in [5.74, 6) is -0.533. The highest BCUT2D eigenvalue weighted by Gasteiger charge is 2.30. The third-order valence-corrected chi connectivity index (χ3v) is 21.7. The van der Waals surface area contributed by atoms with Gasteiger partial charge in [0.25, 0.3) is 0 Å². The maximum atomic E-state index is 13.1. The van der Waals surface area contributed by atoms with E-state index < -0.39 is 97.5 Å². The molecule has 0 amide bonds. The summed E-state index contributed by atoms with van der Waals surface area (Å²) in [5, 5.41) is 10.7. The lowest BCUT2D eigenvalue weighted by atomic mass is 9.99. The van der Waals surface area contributed by atoms with Gasteiger partial charge in [-0.1, -0.05) is 388 Å². The quantitative estimate of drug-likeness (QED) is 0.0222. The van der Waals surface area contributed by atoms with Gasteiger partial charge in [-0.05, 0) is 37.5 Å². The van der Waals surface area contributed by atoms with E-state index in [-0.39, 0.29) is 25.7 Å². The number of carbonyl (C=O) groups excluding carboxylic acids is 4. The highest BCUT2D eigenvalue weighted by Crippen LogP contribution is 2.45. The zero-order valence-corrected chi connectivity index (χ0v) is 68.7. The third-order valence-electron chi connectivity index (χ3n) is 19.8. The topological polar surface area (TPSA) is 237 Å². The number of phosphoric acid groups is 2. The highest BCUT2D eigenvalue weighted by atomic mass is 31.2. The number of rotatable bonds is 82. The van der Waals surface area contributed by atoms with Gasteiger partial charge in [0, 0.05) is 25.7 Å². The molecule has 0 rings (SSSR count). The van der Waals surface area contributed by atoms with E-state index >= 15 is 0 Å². The Hall–Kier alpha value is -1.94. The van der Waals surface area contributed by atoms with Crippen molar-refractivity contribution in [2.75, 3.05) is 39.6 Å². The van der Waals surface area contributed by atoms with Gasteiger partial charge in [0.1, 0.15) is 19.3 Å². The number of unbranched alkanes of at least 4 members (excludes halogenated alkanes) is 51. The second kappa shape index (κ2) is 74.5. The molecule has 3 N–H and O–H groups in total. The van der Waals surface area contributed by atoms with Gasteiger partial charge in [-0.3, -0.25) is 37.3 Å². The number of aliphatic hydroxyl groups is 1. The lowest BCUT2D eigenvalue weighted by Gasteiger charge is -2.21. The number of ether oxygens (including phenoxy) is 4. The molecular formula is C83H162O17P2. The molecule has 19 heteroatoms. The zero-order valence-electron chi connectivity index (χ0n) is 66.9. The summed E-state index contributed by atoms with van der Waals surface area (Å²) in [6, 6.07) is 0. The molecule has 6 atom stereocenters. The van der Waals surface area contributed by atoms with Crippen LogP contribution in [0, 0.1) is 11.8 Å². The number of phosphoric ester groups is 2. The molecule has 0 aliphatic rings. The molecule has 0 fully saturated rings. The molecule has 0 heterocycles. The standard InChI is InChI=1S/C83H162O17P2/c1-7-10-12-14-16-18-20-22-24-25-26-28-32-36-40-47-53-59-65-80(85)93-71-78(99-82(87)68-62-56-50-42-38-34-30-29-31-35-39-46-52-58-64-76(6)9-3)73-97-101(89,90)95-69-77(84)70-96-102(91,92)98-74-79(72-94-81(86)66-60-54-48-44-43-45-51-57-63-75(4)5)100-83(88)67-61-55-49-41-37-33-27-23-21-19-17-15-13-11-8-2/h75-79,84H,7-74H2,1-6H3,(H,89,90)(H,91,92)/t76?,77-,78-,79-/m1/s1. The number of esters is 4. The Morgan fingerprint density at radius 3 is 0.745 bits per heavy atom. The van der Waals surface area contributed by atoms with E-state index in [1.54, 1.807) is 0 Å². The molecule has 0 saturated carbocycles. The van der Waals surface area contributed by atoms with Crippen LogP contribution in [-0.2, 0) is 65.4 Å². The van der Waals surface area contributed by atoms with Crippen LogP contribution < -0.4 is 0 Å². The van der Waals surface area contributed by atoms with Crippen molar-refractivity contribution < 1.29 is 80.2 Å². The fourth-order valence-corrected chi connectivity index (χ4v) is 14.4. The lowest BCUT2D eigenvalue weighted by molar-refractivity contribution is -0.161. The molecule has 0 aromatic carbocycles. The van der Waals surface area contributed by atoms with E-state index in [0.717, 1.165) is 102 Å². The van der Waals surface area contributed by atoms with Crippen LogP contribution in [-0.4, -0.2) is 96.7 Å². The van der Waals surface area contributed by atoms with Gasteiger partial charge in [0.15, 0.2) is 12.2 Å². The van der Waals surface area contributed by atoms with Crippen molar-refractivity contribution in [1.82, 2.24) is 0 Å². The first-order valence-corrected chi connectivity index (χ1v) is 46.0. The van der Waals surface area contributed by atoms with E-state index in [2.05, 4.69) is 41.5 Å². The summed E-state index contributed by atoms with van der Waals surface area (Å²) in [6.45, 7) is 9.68. The molecule has 0 spiro atoms. The monoisotopic (exact) mass is 1490 g/mol. The van der Waals surface area contributed by atoms with Crippen molar-refractivity contribution in [3.05, 3.63) is 0 Å². The molecule has 3 unspecified atom stereocenters. The number of hydrogen-bond donors (Lipinski definition) is 3. The van der Waals surface area contributed by atoms with E-state index in [4.69, 9.17) is 37.0 Å². The molecular weight excluding hydrogens is 1330 g/mol. The summed E-state index contributed by atoms with van der Waals surface area (Å²) in [7, 11) is -9.92. The predicted octanol–water partition coefficient (Wildman–Crippen LogP) is 25.1. The van der Waals surface area contributed by atoms with Gasteiger partial charge in [0.05, 0.1) is 26.4 Å². The van der Waals surface area contributed by atoms with Gasteiger partial charge < -0.3 is 33.8 Å². The van der Waals surface area contributed by atoms with E-state index in [9.17, 15) is 43.2 Å². The SMILES string of the molecule is CCCCCCCCCCCCCCCCCCCCC(=O)OC[C@H](COP(=O)(O)OC[C@@H](O)COP(=O)(O)OC[C@@H](COC(=O)CCCCCCCCCCC(C)C)OC(=O)CCCCCCCCCCCCCCCCC)OC(=O)CCCCCCCCCCCCCCCCC(C)CC. The summed E-state index contributed by atoms with van der Waals surface area (Å²) in [5.41, 5.74) is 0. The maximum Gasteiger partial charge on any atom is 0.472 e. The fraction of sp³-hybridized carbons (Fsp3) is 0.952. The van der Waals surface area contributed by atoms with Gasteiger partial charge in [-0.15, -0.1) is 0 Å². The number of carbonyl (C=O) groups is 4. The molecule has 0 bridgehead atoms. The predicted molar refractivity (Wildman–Crippen MR) is 418 cm³/mol. The first-order valence-electron chi connectivity index (χ1n) is 43.0. The average molecular weight is 1490 g/mol. The van der Waals surface area contributed by atoms with E-state index in [1.807, 2.05) is 0 Å². The summed E-state index contributed by atoms with van der Waals surface area (Å²) in [6.07, 6.45) is 65.1. The number of aliphatic hydroxyl groups excluding tert-OH is 1. The zero-order chi connectivity index (χ0) is 74.9. The molecule has 0 aromatic heterocycles. The molecule has 0 radical (unpaired) electrons. The highest BCUT2D eigenvalue weighted by molar-refractivity contribution is 7.47. The second-order valence-electron chi connectivity index (χ2n) is 30.6. The molecule has 17 nitrogen and oxygen atoms in total. The van der Waals surface area contributed by atoms with E-state index in [0.29, 0.717) is 25.7 Å². The minimum Gasteiger partial charge on any atom is -0.462 e. The van der Waals surface area contributed by atoms with Crippen molar-refractivity contribution in [1.29, 1.82) is 0 Å². The van der Waals surface area contributed by atoms with E-state index in [1.165, 1.54) is 257 Å². The summed E-state index contributed by atoms with van der Waals surface area (Å²) in [4.78, 5) is 73.1. The Labute approximate surface area is 626 Å². The fourth-order valence-electron chi connectivity index (χ4n) is 12.9. The van der Waals surface area contributed by atoms with Crippen LogP contribution in [0.25, 0.3) is 0 Å². The Morgan fingerprint density at radius 2 is 0.500 bits per heavy atom. The largest absolute Gasteiger partial charge is 0.472 e. The van der Waals surface area contributed by atoms with Gasteiger partial charge >= 0.3 is 39.5 Å². The Kier molecular flexibility index (Phi) is 73.1. The molecule has 102 heavy (non-hydrogen) atoms. The Bertz CT molecular complexity index is 1960. The Balaban J connectivity index is 5.25. The van der Waals surface area contributed by atoms with Gasteiger partial charge in [-0.2, -0.15) is 0 Å². The van der Waals surface area contributed by atoms with Crippen molar-refractivity contribution in [2.24, 2.45) is 11.8 Å². The van der Waals surface area contributed by atoms with Crippen LogP contribution in [0.1, 0.15) is 440 Å². The molecule has 606 valence electrons. The minimum atomic E-state index is -4.96. The Morgan fingerprint density at radius 1 is 0.284 bits per heavy atom. The van der Waals surface area contributed by atoms with Crippen LogP contribution >= 0.6 is 15.6 Å². The van der Waals surface area contributed by atoms with Crippen LogP contribution in [0.4, 0.5) is 0 Å². The van der Waals surface area contributed by atoms with Crippen LogP contribution in [0.3, 0.4) is 0 Å². The van der Waals surface area contributed by atoms with Crippen molar-refractivity contribution >= 4 is 39.5 Å². The van der Waals surface area contributed by atoms with Gasteiger partial charge in [0.2, 0.25) is 0 Å². The van der Waals surface area contributed by atoms with Crippen molar-refractivity contribution in [2.45, 2.75) is 458 Å². The third kappa shape index (κ3) is 74.9. The average Bonchev–Trinajstić information content (AvgIpc) is 0.932. The smallest absolute Gasteiger partial charge is 0.462 e. The van der Waals surface area contributed by atoms with Crippen LogP contribution in [0.15, 0.2) is 0 Å². The van der Waals surface area contributed by atoms with Crippen LogP contribution in [0.5, 0.6) is 0 Å². The van der Waals surface area contributed by atoms with Crippen molar-refractivity contribution in [3.63, 3.8) is 0 Å². The second-order valence-corrected chi connectivity index (χ2v) is 33.5.